The first kappa shape index (κ1) is 21.1. The molecule has 1 rings (SSSR count). The van der Waals surface area contributed by atoms with Crippen molar-refractivity contribution >= 4 is 23.9 Å². The van der Waals surface area contributed by atoms with E-state index in [-0.39, 0.29) is 18.4 Å². The maximum atomic E-state index is 13.6. The number of ketones is 1. The Hall–Kier alpha value is -2.97. The van der Waals surface area contributed by atoms with Crippen molar-refractivity contribution in [3.05, 3.63) is 35.4 Å². The van der Waals surface area contributed by atoms with Crippen LogP contribution in [0.2, 0.25) is 0 Å². The summed E-state index contributed by atoms with van der Waals surface area (Å²) >= 11 is 0. The van der Waals surface area contributed by atoms with Crippen LogP contribution < -0.4 is 5.32 Å². The Morgan fingerprint density at radius 2 is 2.15 bits per heavy atom. The Balaban J connectivity index is 2.87. The van der Waals surface area contributed by atoms with Gasteiger partial charge in [-0.15, -0.1) is 0 Å². The van der Waals surface area contributed by atoms with Crippen LogP contribution >= 0.6 is 0 Å². The summed E-state index contributed by atoms with van der Waals surface area (Å²) in [6, 6.07) is -0.122. The average molecular weight is 366 g/mol. The van der Waals surface area contributed by atoms with Crippen LogP contribution in [0.25, 0.3) is 5.53 Å². The molecule has 0 aliphatic rings. The Kier molecular flexibility index (Phi) is 8.20. The maximum Gasteiger partial charge on any atom is 0.328 e. The summed E-state index contributed by atoms with van der Waals surface area (Å²) in [5.74, 6) is -3.32. The third-order valence-corrected chi connectivity index (χ3v) is 3.18. The van der Waals surface area contributed by atoms with E-state index in [2.05, 4.69) is 15.1 Å². The predicted octanol–water partition coefficient (Wildman–Crippen LogP) is 0.340. The van der Waals surface area contributed by atoms with Gasteiger partial charge in [-0.3, -0.25) is 14.6 Å². The number of pyridine rings is 1. The van der Waals surface area contributed by atoms with Crippen molar-refractivity contribution < 1.29 is 33.4 Å². The van der Waals surface area contributed by atoms with Gasteiger partial charge >= 0.3 is 12.2 Å². The highest BCUT2D eigenvalue weighted by molar-refractivity contribution is 6.25. The molecule has 0 aliphatic carbocycles. The number of carbonyl (C=O) groups is 3. The van der Waals surface area contributed by atoms with Crippen molar-refractivity contribution in [1.82, 2.24) is 10.3 Å². The van der Waals surface area contributed by atoms with Crippen LogP contribution in [0.5, 0.6) is 0 Å². The lowest BCUT2D eigenvalue weighted by Crippen LogP contribution is -2.45. The normalized spacial score (nSPS) is 12.7. The fraction of sp³-hybridized carbons (Fsp3) is 0.438. The topological polar surface area (TPSA) is 142 Å². The molecule has 2 N–H and O–H groups in total. The standard InChI is InChI=1S/C16H19FN4O5/c1-9(2)26-16(25)13(4-3-10(22)7-20-18)21-15(24)14(23)11-5-6-19-8-12(11)17/h5-9,13-14,23H,3-4H2,1-2H3,(H,21,24)/t13-,14+/m0/s1. The third-order valence-electron chi connectivity index (χ3n) is 3.18. The quantitative estimate of drug-likeness (QED) is 0.279. The van der Waals surface area contributed by atoms with Crippen molar-refractivity contribution in [3.8, 4) is 0 Å². The number of Topliss-reactive ketones (excluding diaryl/α,β-unsaturated/α-hetero) is 1. The smallest absolute Gasteiger partial charge is 0.328 e. The van der Waals surface area contributed by atoms with Gasteiger partial charge in [0.1, 0.15) is 11.9 Å². The van der Waals surface area contributed by atoms with E-state index < -0.39 is 41.7 Å². The van der Waals surface area contributed by atoms with Gasteiger partial charge in [0.2, 0.25) is 5.78 Å². The van der Waals surface area contributed by atoms with Crippen molar-refractivity contribution in [2.75, 3.05) is 0 Å². The minimum atomic E-state index is -1.87. The first-order chi connectivity index (χ1) is 12.3. The lowest BCUT2D eigenvalue weighted by Gasteiger charge is -2.20. The highest BCUT2D eigenvalue weighted by atomic mass is 19.1. The van der Waals surface area contributed by atoms with E-state index in [1.54, 1.807) is 13.8 Å². The van der Waals surface area contributed by atoms with Gasteiger partial charge in [-0.2, -0.15) is 4.79 Å². The molecule has 0 aromatic carbocycles. The fourth-order valence-corrected chi connectivity index (χ4v) is 1.98. The first-order valence-corrected chi connectivity index (χ1v) is 7.74. The van der Waals surface area contributed by atoms with E-state index in [9.17, 15) is 23.9 Å². The van der Waals surface area contributed by atoms with Crippen LogP contribution in [0.15, 0.2) is 18.5 Å². The molecule has 10 heteroatoms. The second kappa shape index (κ2) is 10.1. The van der Waals surface area contributed by atoms with Crippen LogP contribution in [0.3, 0.4) is 0 Å². The molecule has 1 heterocycles. The number of ether oxygens (including phenoxy) is 1. The summed E-state index contributed by atoms with van der Waals surface area (Å²) in [6.45, 7) is 3.20. The second-order valence-corrected chi connectivity index (χ2v) is 5.60. The fourth-order valence-electron chi connectivity index (χ4n) is 1.98. The van der Waals surface area contributed by atoms with E-state index in [4.69, 9.17) is 10.3 Å². The lowest BCUT2D eigenvalue weighted by atomic mass is 10.1. The van der Waals surface area contributed by atoms with Gasteiger partial charge in [-0.05, 0) is 26.3 Å². The van der Waals surface area contributed by atoms with E-state index in [1.807, 2.05) is 0 Å². The van der Waals surface area contributed by atoms with E-state index >= 15 is 0 Å². The Bertz CT molecular complexity index is 718. The number of nitrogens with one attached hydrogen (secondary N) is 1. The van der Waals surface area contributed by atoms with E-state index in [0.29, 0.717) is 6.21 Å². The number of aliphatic hydroxyl groups is 1. The molecular formula is C16H19FN4O5. The number of rotatable bonds is 9. The van der Waals surface area contributed by atoms with Gasteiger partial charge in [0.15, 0.2) is 6.10 Å². The van der Waals surface area contributed by atoms with Crippen LogP contribution in [0, 0.1) is 5.82 Å². The molecule has 0 saturated carbocycles. The van der Waals surface area contributed by atoms with Gasteiger partial charge in [0, 0.05) is 18.2 Å². The highest BCUT2D eigenvalue weighted by Gasteiger charge is 2.28. The largest absolute Gasteiger partial charge is 0.461 e. The Morgan fingerprint density at radius 1 is 1.46 bits per heavy atom. The van der Waals surface area contributed by atoms with Crippen molar-refractivity contribution in [1.29, 1.82) is 0 Å². The minimum absolute atomic E-state index is 0.159. The number of halogens is 1. The molecule has 0 bridgehead atoms. The van der Waals surface area contributed by atoms with E-state index in [0.717, 1.165) is 12.3 Å². The minimum Gasteiger partial charge on any atom is -0.461 e. The van der Waals surface area contributed by atoms with Gasteiger partial charge < -0.3 is 20.7 Å². The monoisotopic (exact) mass is 366 g/mol. The molecule has 0 spiro atoms. The molecule has 0 unspecified atom stereocenters. The number of hydrogen-bond donors (Lipinski definition) is 2. The number of esters is 1. The molecule has 0 saturated heterocycles. The molecule has 1 aromatic heterocycles. The number of carbonyl (C=O) groups excluding carboxylic acids is 3. The summed E-state index contributed by atoms with van der Waals surface area (Å²) < 4.78 is 18.6. The first-order valence-electron chi connectivity index (χ1n) is 7.74. The van der Waals surface area contributed by atoms with E-state index in [1.165, 1.54) is 6.20 Å². The lowest BCUT2D eigenvalue weighted by molar-refractivity contribution is -0.152. The van der Waals surface area contributed by atoms with Gasteiger partial charge in [0.05, 0.1) is 12.3 Å². The molecule has 26 heavy (non-hydrogen) atoms. The number of amides is 1. The van der Waals surface area contributed by atoms with Gasteiger partial charge in [0.25, 0.3) is 5.91 Å². The number of nitrogens with zero attached hydrogens (tertiary/aromatic N) is 3. The number of aromatic nitrogens is 1. The predicted molar refractivity (Wildman–Crippen MR) is 86.2 cm³/mol. The van der Waals surface area contributed by atoms with Gasteiger partial charge in [-0.1, -0.05) is 0 Å². The third kappa shape index (κ3) is 6.50. The maximum absolute atomic E-state index is 13.6. The number of hydrogen-bond acceptors (Lipinski definition) is 6. The zero-order valence-corrected chi connectivity index (χ0v) is 14.3. The zero-order chi connectivity index (χ0) is 19.7. The molecule has 0 fully saturated rings. The van der Waals surface area contributed by atoms with Gasteiger partial charge in [-0.25, -0.2) is 9.18 Å². The van der Waals surface area contributed by atoms with Crippen LogP contribution in [0.1, 0.15) is 38.4 Å². The Morgan fingerprint density at radius 3 is 2.73 bits per heavy atom. The van der Waals surface area contributed by atoms with Crippen LogP contribution in [0.4, 0.5) is 4.39 Å². The summed E-state index contributed by atoms with van der Waals surface area (Å²) in [7, 11) is 0. The average Bonchev–Trinajstić information content (AvgIpc) is 2.57. The molecule has 1 amide bonds. The van der Waals surface area contributed by atoms with Crippen LogP contribution in [-0.2, 0) is 19.1 Å². The second-order valence-electron chi connectivity index (χ2n) is 5.60. The SMILES string of the molecule is CC(C)OC(=O)[C@H](CCC(=O)C=[N+]=[N-])NC(=O)[C@H](O)c1ccncc1F. The van der Waals surface area contributed by atoms with Crippen molar-refractivity contribution in [3.63, 3.8) is 0 Å². The molecule has 1 aromatic rings. The van der Waals surface area contributed by atoms with Crippen molar-refractivity contribution in [2.24, 2.45) is 0 Å². The summed E-state index contributed by atoms with van der Waals surface area (Å²) in [6.07, 6.45) is -0.0276. The summed E-state index contributed by atoms with van der Waals surface area (Å²) in [4.78, 5) is 41.7. The van der Waals surface area contributed by atoms with Crippen LogP contribution in [-0.4, -0.2) is 50.9 Å². The number of aliphatic hydroxyl groups excluding tert-OH is 1. The zero-order valence-electron chi connectivity index (χ0n) is 14.3. The molecule has 140 valence electrons. The summed E-state index contributed by atoms with van der Waals surface area (Å²) in [5, 5.41) is 12.2. The molecule has 0 radical (unpaired) electrons. The highest BCUT2D eigenvalue weighted by Crippen LogP contribution is 2.16. The Labute approximate surface area is 148 Å². The molecule has 9 nitrogen and oxygen atoms in total. The molecule has 2 atom stereocenters. The summed E-state index contributed by atoms with van der Waals surface area (Å²) in [5.41, 5.74) is 8.01. The molecule has 0 aliphatic heterocycles. The molecular weight excluding hydrogens is 347 g/mol. The van der Waals surface area contributed by atoms with Crippen molar-refractivity contribution in [2.45, 2.75) is 44.9 Å².